The van der Waals surface area contributed by atoms with Gasteiger partial charge in [-0.2, -0.15) is 0 Å². The number of ether oxygens (including phenoxy) is 2. The summed E-state index contributed by atoms with van der Waals surface area (Å²) in [4.78, 5) is 38.7. The standard InChI is InChI=1S/C11H15N3O5/c15-9-12-10(16)14(11(17)13-9)6(3-8-5-19-8)1-2-7-4-18-7/h6-8H,1-5H2,(H2,12,13,15,16,17). The van der Waals surface area contributed by atoms with E-state index in [-0.39, 0.29) is 18.2 Å². The highest BCUT2D eigenvalue weighted by Crippen LogP contribution is 2.27. The van der Waals surface area contributed by atoms with Crippen molar-refractivity contribution in [3.8, 4) is 0 Å². The van der Waals surface area contributed by atoms with Gasteiger partial charge in [0.2, 0.25) is 0 Å². The molecule has 0 spiro atoms. The summed E-state index contributed by atoms with van der Waals surface area (Å²) < 4.78 is 11.4. The minimum absolute atomic E-state index is 0.100. The minimum atomic E-state index is -0.779. The number of H-pyrrole nitrogens is 2. The SMILES string of the molecule is O=c1[nH]c(=O)n(C(CCC2CO2)CC2CO2)c(=O)[nH]1. The van der Waals surface area contributed by atoms with Gasteiger partial charge in [0.1, 0.15) is 0 Å². The molecule has 2 saturated heterocycles. The molecule has 3 unspecified atom stereocenters. The van der Waals surface area contributed by atoms with Crippen LogP contribution in [0.2, 0.25) is 0 Å². The lowest BCUT2D eigenvalue weighted by molar-refractivity contribution is 0.306. The highest BCUT2D eigenvalue weighted by atomic mass is 16.6. The number of epoxide rings is 2. The molecule has 2 N–H and O–H groups in total. The van der Waals surface area contributed by atoms with Gasteiger partial charge in [0.25, 0.3) is 0 Å². The second-order valence-corrected chi connectivity index (χ2v) is 4.94. The lowest BCUT2D eigenvalue weighted by atomic mass is 10.0. The first-order valence-electron chi connectivity index (χ1n) is 6.32. The Morgan fingerprint density at radius 1 is 1.11 bits per heavy atom. The molecule has 0 bridgehead atoms. The van der Waals surface area contributed by atoms with Gasteiger partial charge in [-0.05, 0) is 19.3 Å². The monoisotopic (exact) mass is 269 g/mol. The molecule has 3 rings (SSSR count). The quantitative estimate of drug-likeness (QED) is 0.625. The van der Waals surface area contributed by atoms with Gasteiger partial charge >= 0.3 is 17.1 Å². The van der Waals surface area contributed by atoms with Crippen LogP contribution < -0.4 is 17.1 Å². The van der Waals surface area contributed by atoms with Gasteiger partial charge in [0, 0.05) is 6.04 Å². The number of hydrogen-bond donors (Lipinski definition) is 2. The fraction of sp³-hybridized carbons (Fsp3) is 0.727. The molecular weight excluding hydrogens is 254 g/mol. The van der Waals surface area contributed by atoms with E-state index < -0.39 is 17.1 Å². The molecule has 2 aliphatic rings. The molecule has 1 aromatic rings. The maximum atomic E-state index is 11.8. The topological polar surface area (TPSA) is 113 Å². The number of aromatic nitrogens is 3. The van der Waals surface area contributed by atoms with Gasteiger partial charge in [-0.15, -0.1) is 0 Å². The Labute approximate surface area is 107 Å². The third-order valence-corrected chi connectivity index (χ3v) is 3.41. The Hall–Kier alpha value is -1.67. The molecule has 3 atom stereocenters. The summed E-state index contributed by atoms with van der Waals surface area (Å²) in [6.07, 6.45) is 2.38. The molecule has 0 aromatic carbocycles. The predicted octanol–water partition coefficient (Wildman–Crippen LogP) is -1.27. The van der Waals surface area contributed by atoms with Gasteiger partial charge in [-0.3, -0.25) is 9.97 Å². The smallest absolute Gasteiger partial charge is 0.333 e. The Balaban J connectivity index is 1.85. The summed E-state index contributed by atoms with van der Waals surface area (Å²) in [5.74, 6) is 0. The van der Waals surface area contributed by atoms with Crippen LogP contribution in [0.5, 0.6) is 0 Å². The molecule has 0 saturated carbocycles. The van der Waals surface area contributed by atoms with E-state index in [9.17, 15) is 14.4 Å². The van der Waals surface area contributed by atoms with Gasteiger partial charge in [-0.25, -0.2) is 19.0 Å². The third kappa shape index (κ3) is 3.02. The summed E-state index contributed by atoms with van der Waals surface area (Å²) in [6, 6.07) is -0.273. The lowest BCUT2D eigenvalue weighted by Gasteiger charge is -2.16. The second-order valence-electron chi connectivity index (χ2n) is 4.94. The van der Waals surface area contributed by atoms with E-state index in [1.165, 1.54) is 0 Å². The molecule has 19 heavy (non-hydrogen) atoms. The van der Waals surface area contributed by atoms with Gasteiger partial charge < -0.3 is 9.47 Å². The number of nitrogens with zero attached hydrogens (tertiary/aromatic N) is 1. The maximum absolute atomic E-state index is 11.8. The average Bonchev–Trinajstić information content (AvgIpc) is 3.20. The predicted molar refractivity (Wildman–Crippen MR) is 64.3 cm³/mol. The molecule has 2 aliphatic heterocycles. The molecule has 3 heterocycles. The van der Waals surface area contributed by atoms with E-state index >= 15 is 0 Å². The fourth-order valence-corrected chi connectivity index (χ4v) is 2.24. The first-order valence-corrected chi connectivity index (χ1v) is 6.32. The molecule has 0 radical (unpaired) electrons. The van der Waals surface area contributed by atoms with Crippen molar-refractivity contribution in [2.75, 3.05) is 13.2 Å². The van der Waals surface area contributed by atoms with E-state index in [1.54, 1.807) is 0 Å². The Morgan fingerprint density at radius 2 is 1.68 bits per heavy atom. The molecule has 8 nitrogen and oxygen atoms in total. The van der Waals surface area contributed by atoms with Crippen LogP contribution in [0.3, 0.4) is 0 Å². The Bertz CT molecular complexity index is 588. The Morgan fingerprint density at radius 3 is 2.21 bits per heavy atom. The van der Waals surface area contributed by atoms with E-state index in [0.29, 0.717) is 19.4 Å². The molecular formula is C11H15N3O5. The largest absolute Gasteiger partial charge is 0.373 e. The van der Waals surface area contributed by atoms with Crippen LogP contribution in [0.4, 0.5) is 0 Å². The van der Waals surface area contributed by atoms with Crippen molar-refractivity contribution < 1.29 is 9.47 Å². The van der Waals surface area contributed by atoms with Crippen molar-refractivity contribution in [3.63, 3.8) is 0 Å². The zero-order valence-electron chi connectivity index (χ0n) is 10.3. The lowest BCUT2D eigenvalue weighted by Crippen LogP contribution is -2.45. The van der Waals surface area contributed by atoms with E-state index in [0.717, 1.165) is 17.6 Å². The van der Waals surface area contributed by atoms with E-state index in [2.05, 4.69) is 9.97 Å². The zero-order valence-corrected chi connectivity index (χ0v) is 10.3. The molecule has 2 fully saturated rings. The number of hydrogen-bond acceptors (Lipinski definition) is 5. The highest BCUT2D eigenvalue weighted by Gasteiger charge is 2.31. The third-order valence-electron chi connectivity index (χ3n) is 3.41. The van der Waals surface area contributed by atoms with Crippen LogP contribution in [-0.2, 0) is 9.47 Å². The van der Waals surface area contributed by atoms with Crippen LogP contribution in [0, 0.1) is 0 Å². The van der Waals surface area contributed by atoms with Crippen molar-refractivity contribution in [2.24, 2.45) is 0 Å². The van der Waals surface area contributed by atoms with Crippen molar-refractivity contribution in [1.82, 2.24) is 14.5 Å². The van der Waals surface area contributed by atoms with Crippen LogP contribution in [-0.4, -0.2) is 40.0 Å². The van der Waals surface area contributed by atoms with Crippen LogP contribution in [0.25, 0.3) is 0 Å². The van der Waals surface area contributed by atoms with Crippen LogP contribution in [0.15, 0.2) is 14.4 Å². The van der Waals surface area contributed by atoms with Crippen molar-refractivity contribution in [2.45, 2.75) is 37.5 Å². The van der Waals surface area contributed by atoms with Crippen molar-refractivity contribution >= 4 is 0 Å². The first-order chi connectivity index (χ1) is 9.13. The van der Waals surface area contributed by atoms with Gasteiger partial charge in [0.05, 0.1) is 25.4 Å². The summed E-state index contributed by atoms with van der Waals surface area (Å²) in [5, 5.41) is 0. The van der Waals surface area contributed by atoms with E-state index in [1.807, 2.05) is 0 Å². The van der Waals surface area contributed by atoms with E-state index in [4.69, 9.17) is 9.47 Å². The number of nitrogens with one attached hydrogen (secondary N) is 2. The van der Waals surface area contributed by atoms with Gasteiger partial charge in [-0.1, -0.05) is 0 Å². The summed E-state index contributed by atoms with van der Waals surface area (Å²) in [6.45, 7) is 1.40. The maximum Gasteiger partial charge on any atom is 0.333 e. The van der Waals surface area contributed by atoms with Crippen LogP contribution >= 0.6 is 0 Å². The normalized spacial score (nSPS) is 26.1. The molecule has 104 valence electrons. The molecule has 1 aromatic heterocycles. The fourth-order valence-electron chi connectivity index (χ4n) is 2.24. The van der Waals surface area contributed by atoms with Gasteiger partial charge in [0.15, 0.2) is 0 Å². The number of aromatic amines is 2. The summed E-state index contributed by atoms with van der Waals surface area (Å²) >= 11 is 0. The molecule has 0 amide bonds. The second kappa shape index (κ2) is 4.78. The van der Waals surface area contributed by atoms with Crippen LogP contribution in [0.1, 0.15) is 25.3 Å². The summed E-state index contributed by atoms with van der Waals surface area (Å²) in [7, 11) is 0. The molecule has 0 aliphatic carbocycles. The minimum Gasteiger partial charge on any atom is -0.373 e. The average molecular weight is 269 g/mol. The van der Waals surface area contributed by atoms with Crippen molar-refractivity contribution in [3.05, 3.63) is 31.5 Å². The zero-order chi connectivity index (χ0) is 13.4. The summed E-state index contributed by atoms with van der Waals surface area (Å²) in [5.41, 5.74) is -2.12. The highest BCUT2D eigenvalue weighted by molar-refractivity contribution is 4.84. The molecule has 8 heteroatoms. The van der Waals surface area contributed by atoms with Crippen molar-refractivity contribution in [1.29, 1.82) is 0 Å². The number of rotatable bonds is 6. The first kappa shape index (κ1) is 12.4. The Kier molecular flexibility index (Phi) is 3.11.